The quantitative estimate of drug-likeness (QED) is 0.636. The van der Waals surface area contributed by atoms with Gasteiger partial charge < -0.3 is 5.73 Å². The molecule has 2 rings (SSSR count). The minimum Gasteiger partial charge on any atom is -0.327 e. The van der Waals surface area contributed by atoms with E-state index in [0.717, 1.165) is 6.42 Å². The van der Waals surface area contributed by atoms with Crippen LogP contribution in [0, 0.1) is 6.92 Å². The molecule has 0 aliphatic heterocycles. The van der Waals surface area contributed by atoms with Gasteiger partial charge in [0, 0.05) is 25.2 Å². The molecular formula is C8H13N3. The molecule has 1 aliphatic rings. The van der Waals surface area contributed by atoms with Gasteiger partial charge in [-0.15, -0.1) is 0 Å². The zero-order chi connectivity index (χ0) is 8.01. The number of rotatable bonds is 1. The van der Waals surface area contributed by atoms with Crippen molar-refractivity contribution in [1.29, 1.82) is 0 Å². The molecule has 1 heterocycles. The normalized spacial score (nSPS) is 29.0. The first-order chi connectivity index (χ1) is 5.18. The molecule has 2 unspecified atom stereocenters. The highest BCUT2D eigenvalue weighted by atomic mass is 15.3. The zero-order valence-corrected chi connectivity index (χ0v) is 6.91. The van der Waals surface area contributed by atoms with Gasteiger partial charge in [0.1, 0.15) is 0 Å². The van der Waals surface area contributed by atoms with E-state index in [-0.39, 0.29) is 0 Å². The highest BCUT2D eigenvalue weighted by Gasteiger charge is 2.37. The van der Waals surface area contributed by atoms with Crippen molar-refractivity contribution in [2.45, 2.75) is 25.3 Å². The molecule has 2 N–H and O–H groups in total. The van der Waals surface area contributed by atoms with Gasteiger partial charge in [0.25, 0.3) is 0 Å². The molecule has 0 amide bonds. The van der Waals surface area contributed by atoms with Crippen molar-refractivity contribution < 1.29 is 0 Å². The lowest BCUT2D eigenvalue weighted by atomic mass is 10.2. The highest BCUT2D eigenvalue weighted by Crippen LogP contribution is 2.39. The fraction of sp³-hybridized carbons (Fsp3) is 0.625. The summed E-state index contributed by atoms with van der Waals surface area (Å²) in [6.07, 6.45) is 3.15. The number of hydrogen-bond acceptors (Lipinski definition) is 2. The van der Waals surface area contributed by atoms with Crippen LogP contribution in [-0.2, 0) is 7.05 Å². The Kier molecular flexibility index (Phi) is 1.29. The van der Waals surface area contributed by atoms with Gasteiger partial charge in [-0.05, 0) is 18.9 Å². The van der Waals surface area contributed by atoms with Crippen LogP contribution < -0.4 is 5.73 Å². The summed E-state index contributed by atoms with van der Waals surface area (Å²) < 4.78 is 1.86. The van der Waals surface area contributed by atoms with E-state index < -0.39 is 0 Å². The number of nitrogens with two attached hydrogens (primary N) is 1. The topological polar surface area (TPSA) is 43.8 Å². The molecule has 60 valence electrons. The maximum Gasteiger partial charge on any atom is 0.0700 e. The molecule has 1 aromatic rings. The van der Waals surface area contributed by atoms with Gasteiger partial charge in [-0.3, -0.25) is 4.68 Å². The Morgan fingerprint density at radius 2 is 2.36 bits per heavy atom. The Hall–Kier alpha value is -0.830. The summed E-state index contributed by atoms with van der Waals surface area (Å²) in [4.78, 5) is 0. The second kappa shape index (κ2) is 2.08. The van der Waals surface area contributed by atoms with Gasteiger partial charge in [-0.25, -0.2) is 0 Å². The maximum absolute atomic E-state index is 5.73. The summed E-state index contributed by atoms with van der Waals surface area (Å²) in [5, 5.41) is 4.36. The average molecular weight is 151 g/mol. The Labute approximate surface area is 66.2 Å². The van der Waals surface area contributed by atoms with Gasteiger partial charge in [0.15, 0.2) is 0 Å². The monoisotopic (exact) mass is 151 g/mol. The van der Waals surface area contributed by atoms with E-state index in [1.807, 2.05) is 17.9 Å². The first-order valence-corrected chi connectivity index (χ1v) is 3.94. The van der Waals surface area contributed by atoms with E-state index in [2.05, 4.69) is 12.0 Å². The largest absolute Gasteiger partial charge is 0.327 e. The second-order valence-electron chi connectivity index (χ2n) is 3.38. The third kappa shape index (κ3) is 1.05. The SMILES string of the molecule is Cc1cn(C)nc1C1CC1N. The van der Waals surface area contributed by atoms with Gasteiger partial charge >= 0.3 is 0 Å². The predicted octanol–water partition coefficient (Wildman–Crippen LogP) is 0.543. The summed E-state index contributed by atoms with van der Waals surface area (Å²) in [6, 6.07) is 0.364. The van der Waals surface area contributed by atoms with Crippen molar-refractivity contribution in [1.82, 2.24) is 9.78 Å². The minimum atomic E-state index is 0.364. The van der Waals surface area contributed by atoms with Crippen LogP contribution in [0.2, 0.25) is 0 Å². The fourth-order valence-electron chi connectivity index (χ4n) is 1.52. The highest BCUT2D eigenvalue weighted by molar-refractivity contribution is 5.26. The van der Waals surface area contributed by atoms with Gasteiger partial charge in [0.05, 0.1) is 5.69 Å². The summed E-state index contributed by atoms with van der Waals surface area (Å²) in [5.74, 6) is 0.538. The third-order valence-electron chi connectivity index (χ3n) is 2.24. The van der Waals surface area contributed by atoms with E-state index in [0.29, 0.717) is 12.0 Å². The molecule has 0 aromatic carbocycles. The van der Waals surface area contributed by atoms with Crippen LogP contribution in [0.3, 0.4) is 0 Å². The predicted molar refractivity (Wildman–Crippen MR) is 43.3 cm³/mol. The van der Waals surface area contributed by atoms with Crippen molar-refractivity contribution in [2.75, 3.05) is 0 Å². The lowest BCUT2D eigenvalue weighted by Gasteiger charge is -1.91. The van der Waals surface area contributed by atoms with E-state index in [1.165, 1.54) is 11.3 Å². The van der Waals surface area contributed by atoms with Crippen LogP contribution in [0.5, 0.6) is 0 Å². The lowest BCUT2D eigenvalue weighted by Crippen LogP contribution is -2.02. The molecule has 0 radical (unpaired) electrons. The van der Waals surface area contributed by atoms with Crippen LogP contribution in [0.1, 0.15) is 23.6 Å². The van der Waals surface area contributed by atoms with Crippen molar-refractivity contribution in [2.24, 2.45) is 12.8 Å². The standard InChI is InChI=1S/C8H13N3/c1-5-4-11(2)10-8(5)6-3-7(6)9/h4,6-7H,3,9H2,1-2H3. The molecule has 0 saturated heterocycles. The number of hydrogen-bond donors (Lipinski definition) is 1. The molecule has 0 spiro atoms. The van der Waals surface area contributed by atoms with E-state index in [9.17, 15) is 0 Å². The van der Waals surface area contributed by atoms with E-state index >= 15 is 0 Å². The Balaban J connectivity index is 2.30. The van der Waals surface area contributed by atoms with Crippen LogP contribution in [0.4, 0.5) is 0 Å². The first kappa shape index (κ1) is 6.85. The molecule has 1 aromatic heterocycles. The van der Waals surface area contributed by atoms with E-state index in [1.54, 1.807) is 0 Å². The maximum atomic E-state index is 5.73. The van der Waals surface area contributed by atoms with Crippen molar-refractivity contribution in [3.8, 4) is 0 Å². The number of aryl methyl sites for hydroxylation is 2. The summed E-state index contributed by atoms with van der Waals surface area (Å²) in [6.45, 7) is 2.09. The molecule has 3 nitrogen and oxygen atoms in total. The average Bonchev–Trinajstić information content (AvgIpc) is 2.52. The van der Waals surface area contributed by atoms with E-state index in [4.69, 9.17) is 5.73 Å². The number of aromatic nitrogens is 2. The molecule has 1 aliphatic carbocycles. The third-order valence-corrected chi connectivity index (χ3v) is 2.24. The lowest BCUT2D eigenvalue weighted by molar-refractivity contribution is 0.740. The van der Waals surface area contributed by atoms with Gasteiger partial charge in [-0.1, -0.05) is 0 Å². The van der Waals surface area contributed by atoms with Gasteiger partial charge in [-0.2, -0.15) is 5.10 Å². The fourth-order valence-corrected chi connectivity index (χ4v) is 1.52. The van der Waals surface area contributed by atoms with Crippen LogP contribution >= 0.6 is 0 Å². The number of nitrogens with zero attached hydrogens (tertiary/aromatic N) is 2. The molecule has 2 atom stereocenters. The van der Waals surface area contributed by atoms with Crippen LogP contribution in [0.15, 0.2) is 6.20 Å². The Morgan fingerprint density at radius 3 is 2.73 bits per heavy atom. The van der Waals surface area contributed by atoms with Crippen LogP contribution in [0.25, 0.3) is 0 Å². The van der Waals surface area contributed by atoms with Gasteiger partial charge in [0.2, 0.25) is 0 Å². The van der Waals surface area contributed by atoms with Crippen molar-refractivity contribution in [3.63, 3.8) is 0 Å². The molecule has 3 heteroatoms. The summed E-state index contributed by atoms with van der Waals surface area (Å²) in [7, 11) is 1.95. The van der Waals surface area contributed by atoms with Crippen molar-refractivity contribution in [3.05, 3.63) is 17.5 Å². The molecule has 1 saturated carbocycles. The zero-order valence-electron chi connectivity index (χ0n) is 6.91. The smallest absolute Gasteiger partial charge is 0.0700 e. The molecule has 1 fully saturated rings. The first-order valence-electron chi connectivity index (χ1n) is 3.94. The summed E-state index contributed by atoms with van der Waals surface area (Å²) >= 11 is 0. The van der Waals surface area contributed by atoms with Crippen molar-refractivity contribution >= 4 is 0 Å². The minimum absolute atomic E-state index is 0.364. The molecular weight excluding hydrogens is 138 g/mol. The Morgan fingerprint density at radius 1 is 1.73 bits per heavy atom. The second-order valence-corrected chi connectivity index (χ2v) is 3.38. The molecule has 0 bridgehead atoms. The van der Waals surface area contributed by atoms with Crippen LogP contribution in [-0.4, -0.2) is 15.8 Å². The molecule has 11 heavy (non-hydrogen) atoms. The summed E-state index contributed by atoms with van der Waals surface area (Å²) in [5.41, 5.74) is 8.19. The Bertz CT molecular complexity index is 277.